The molecular weight excluding hydrogens is 206 g/mol. The number of carbonyl (C=O) groups is 1. The van der Waals surface area contributed by atoms with Gasteiger partial charge in [0.25, 0.3) is 0 Å². The molecule has 0 spiro atoms. The summed E-state index contributed by atoms with van der Waals surface area (Å²) in [5, 5.41) is 3.31. The first kappa shape index (κ1) is 13.5. The van der Waals surface area contributed by atoms with Gasteiger partial charge in [-0.3, -0.25) is 5.32 Å². The molecular formula is C12H23NO3. The highest BCUT2D eigenvalue weighted by atomic mass is 16.5. The summed E-state index contributed by atoms with van der Waals surface area (Å²) in [6.45, 7) is 7.21. The molecule has 0 aromatic carbocycles. The lowest BCUT2D eigenvalue weighted by Gasteiger charge is -2.28. The molecule has 0 aromatic rings. The molecule has 1 rings (SSSR count). The van der Waals surface area contributed by atoms with Crippen molar-refractivity contribution in [3.05, 3.63) is 0 Å². The zero-order valence-corrected chi connectivity index (χ0v) is 10.5. The summed E-state index contributed by atoms with van der Waals surface area (Å²) in [5.74, 6) is -0.210. The monoisotopic (exact) mass is 229 g/mol. The van der Waals surface area contributed by atoms with E-state index in [4.69, 9.17) is 9.47 Å². The molecule has 0 saturated heterocycles. The number of esters is 1. The molecule has 1 fully saturated rings. The highest BCUT2D eigenvalue weighted by molar-refractivity contribution is 5.80. The van der Waals surface area contributed by atoms with E-state index in [0.29, 0.717) is 25.9 Å². The van der Waals surface area contributed by atoms with Gasteiger partial charge in [-0.25, -0.2) is 4.79 Å². The van der Waals surface area contributed by atoms with E-state index < -0.39 is 5.54 Å². The van der Waals surface area contributed by atoms with Crippen LogP contribution < -0.4 is 5.32 Å². The van der Waals surface area contributed by atoms with Crippen molar-refractivity contribution in [3.8, 4) is 0 Å². The lowest BCUT2D eigenvalue weighted by Crippen LogP contribution is -2.55. The molecule has 1 saturated carbocycles. The molecule has 1 N–H and O–H groups in total. The standard InChI is InChI=1S/C12H23NO3/c1-4-8-15-9-12(3,11(14)16-5-2)13-10-6-7-10/h10,13H,4-9H2,1-3H3. The van der Waals surface area contributed by atoms with Crippen LogP contribution >= 0.6 is 0 Å². The summed E-state index contributed by atoms with van der Waals surface area (Å²) >= 11 is 0. The predicted molar refractivity (Wildman–Crippen MR) is 62.3 cm³/mol. The van der Waals surface area contributed by atoms with E-state index in [9.17, 15) is 4.79 Å². The molecule has 0 heterocycles. The maximum atomic E-state index is 11.9. The van der Waals surface area contributed by atoms with Gasteiger partial charge in [0, 0.05) is 12.6 Å². The minimum atomic E-state index is -0.688. The van der Waals surface area contributed by atoms with Crippen LogP contribution in [0.15, 0.2) is 0 Å². The van der Waals surface area contributed by atoms with Crippen molar-refractivity contribution in [1.82, 2.24) is 5.32 Å². The summed E-state index contributed by atoms with van der Waals surface area (Å²) in [4.78, 5) is 11.9. The van der Waals surface area contributed by atoms with Crippen molar-refractivity contribution in [2.75, 3.05) is 19.8 Å². The molecule has 0 bridgehead atoms. The van der Waals surface area contributed by atoms with Crippen LogP contribution in [-0.2, 0) is 14.3 Å². The number of carbonyl (C=O) groups excluding carboxylic acids is 1. The molecule has 0 amide bonds. The minimum Gasteiger partial charge on any atom is -0.465 e. The second-order valence-corrected chi connectivity index (χ2v) is 4.52. The van der Waals surface area contributed by atoms with E-state index in [1.165, 1.54) is 0 Å². The molecule has 4 heteroatoms. The average molecular weight is 229 g/mol. The van der Waals surface area contributed by atoms with Gasteiger partial charge in [0.2, 0.25) is 0 Å². The van der Waals surface area contributed by atoms with E-state index in [0.717, 1.165) is 19.3 Å². The molecule has 1 aliphatic rings. The zero-order chi connectivity index (χ0) is 12.0. The number of hydrogen-bond acceptors (Lipinski definition) is 4. The first-order chi connectivity index (χ1) is 7.62. The normalized spacial score (nSPS) is 19.2. The van der Waals surface area contributed by atoms with Gasteiger partial charge >= 0.3 is 5.97 Å². The number of hydrogen-bond donors (Lipinski definition) is 1. The van der Waals surface area contributed by atoms with Crippen LogP contribution in [0.1, 0.15) is 40.0 Å². The number of ether oxygens (including phenoxy) is 2. The van der Waals surface area contributed by atoms with Crippen LogP contribution in [0.25, 0.3) is 0 Å². The molecule has 4 nitrogen and oxygen atoms in total. The van der Waals surface area contributed by atoms with E-state index >= 15 is 0 Å². The fourth-order valence-electron chi connectivity index (χ4n) is 1.55. The predicted octanol–water partition coefficient (Wildman–Crippen LogP) is 1.49. The van der Waals surface area contributed by atoms with E-state index in [-0.39, 0.29) is 5.97 Å². The van der Waals surface area contributed by atoms with Gasteiger partial charge in [-0.1, -0.05) is 6.92 Å². The topological polar surface area (TPSA) is 47.6 Å². The fourth-order valence-corrected chi connectivity index (χ4v) is 1.55. The SMILES string of the molecule is CCCOCC(C)(NC1CC1)C(=O)OCC. The molecule has 1 aliphatic carbocycles. The Balaban J connectivity index is 2.47. The molecule has 1 atom stereocenters. The third kappa shape index (κ3) is 4.10. The van der Waals surface area contributed by atoms with Crippen LogP contribution in [0.4, 0.5) is 0 Å². The lowest BCUT2D eigenvalue weighted by molar-refractivity contribution is -0.153. The molecule has 0 aliphatic heterocycles. The second-order valence-electron chi connectivity index (χ2n) is 4.52. The van der Waals surface area contributed by atoms with Crippen molar-refractivity contribution in [1.29, 1.82) is 0 Å². The van der Waals surface area contributed by atoms with Crippen LogP contribution in [0.5, 0.6) is 0 Å². The maximum absolute atomic E-state index is 11.9. The highest BCUT2D eigenvalue weighted by Crippen LogP contribution is 2.23. The summed E-state index contributed by atoms with van der Waals surface area (Å²) < 4.78 is 10.6. The quantitative estimate of drug-likeness (QED) is 0.506. The van der Waals surface area contributed by atoms with Gasteiger partial charge < -0.3 is 9.47 Å². The first-order valence-corrected chi connectivity index (χ1v) is 6.15. The Labute approximate surface area is 97.7 Å². The molecule has 0 radical (unpaired) electrons. The second kappa shape index (κ2) is 6.21. The largest absolute Gasteiger partial charge is 0.465 e. The summed E-state index contributed by atoms with van der Waals surface area (Å²) in [6, 6.07) is 0.458. The Kier molecular flexibility index (Phi) is 5.22. The van der Waals surface area contributed by atoms with Crippen LogP contribution in [-0.4, -0.2) is 37.4 Å². The summed E-state index contributed by atoms with van der Waals surface area (Å²) in [7, 11) is 0. The molecule has 94 valence electrons. The zero-order valence-electron chi connectivity index (χ0n) is 10.5. The third-order valence-corrected chi connectivity index (χ3v) is 2.57. The fraction of sp³-hybridized carbons (Fsp3) is 0.917. The van der Waals surface area contributed by atoms with Crippen molar-refractivity contribution in [2.24, 2.45) is 0 Å². The molecule has 0 aromatic heterocycles. The Bertz CT molecular complexity index is 228. The highest BCUT2D eigenvalue weighted by Gasteiger charge is 2.39. The van der Waals surface area contributed by atoms with E-state index in [1.54, 1.807) is 0 Å². The Morgan fingerprint density at radius 1 is 1.44 bits per heavy atom. The third-order valence-electron chi connectivity index (χ3n) is 2.57. The van der Waals surface area contributed by atoms with E-state index in [2.05, 4.69) is 12.2 Å². The van der Waals surface area contributed by atoms with Gasteiger partial charge in [0.1, 0.15) is 5.54 Å². The van der Waals surface area contributed by atoms with Crippen LogP contribution in [0, 0.1) is 0 Å². The van der Waals surface area contributed by atoms with Gasteiger partial charge in [-0.05, 0) is 33.1 Å². The van der Waals surface area contributed by atoms with Crippen molar-refractivity contribution < 1.29 is 14.3 Å². The van der Waals surface area contributed by atoms with Gasteiger partial charge in [0.05, 0.1) is 13.2 Å². The summed E-state index contributed by atoms with van der Waals surface area (Å²) in [6.07, 6.45) is 3.24. The van der Waals surface area contributed by atoms with Gasteiger partial charge in [-0.2, -0.15) is 0 Å². The number of rotatable bonds is 8. The Hall–Kier alpha value is -0.610. The Morgan fingerprint density at radius 2 is 2.12 bits per heavy atom. The average Bonchev–Trinajstić information content (AvgIpc) is 3.02. The van der Waals surface area contributed by atoms with Crippen molar-refractivity contribution in [2.45, 2.75) is 51.6 Å². The van der Waals surface area contributed by atoms with Crippen LogP contribution in [0.3, 0.4) is 0 Å². The Morgan fingerprint density at radius 3 is 2.62 bits per heavy atom. The van der Waals surface area contributed by atoms with Gasteiger partial charge in [0.15, 0.2) is 0 Å². The molecule has 16 heavy (non-hydrogen) atoms. The minimum absolute atomic E-state index is 0.210. The smallest absolute Gasteiger partial charge is 0.328 e. The number of nitrogens with one attached hydrogen (secondary N) is 1. The van der Waals surface area contributed by atoms with E-state index in [1.807, 2.05) is 13.8 Å². The maximum Gasteiger partial charge on any atom is 0.328 e. The van der Waals surface area contributed by atoms with Crippen molar-refractivity contribution in [3.63, 3.8) is 0 Å². The van der Waals surface area contributed by atoms with Crippen molar-refractivity contribution >= 4 is 5.97 Å². The summed E-state index contributed by atoms with van der Waals surface area (Å²) in [5.41, 5.74) is -0.688. The molecule has 1 unspecified atom stereocenters. The first-order valence-electron chi connectivity index (χ1n) is 6.15. The lowest BCUT2D eigenvalue weighted by atomic mass is 10.0. The van der Waals surface area contributed by atoms with Crippen LogP contribution in [0.2, 0.25) is 0 Å². The van der Waals surface area contributed by atoms with Gasteiger partial charge in [-0.15, -0.1) is 0 Å².